The van der Waals surface area contributed by atoms with E-state index in [1.165, 1.54) is 31.0 Å². The zero-order valence-corrected chi connectivity index (χ0v) is 18.5. The molecule has 1 saturated carbocycles. The van der Waals surface area contributed by atoms with Gasteiger partial charge in [-0.25, -0.2) is 0 Å². The topological polar surface area (TPSA) is 72.3 Å². The van der Waals surface area contributed by atoms with E-state index in [1.54, 1.807) is 6.33 Å². The van der Waals surface area contributed by atoms with Gasteiger partial charge in [0.1, 0.15) is 6.33 Å². The van der Waals surface area contributed by atoms with Crippen LogP contribution in [0.25, 0.3) is 5.69 Å². The zero-order valence-electron chi connectivity index (χ0n) is 17.7. The predicted molar refractivity (Wildman–Crippen MR) is 118 cm³/mol. The number of hydrogen-bond acceptors (Lipinski definition) is 6. The average Bonchev–Trinajstić information content (AvgIpc) is 3.26. The third-order valence-corrected chi connectivity index (χ3v) is 7.25. The minimum atomic E-state index is 0.0533. The number of carbonyl (C=O) groups is 1. The summed E-state index contributed by atoms with van der Waals surface area (Å²) in [4.78, 5) is 15.2. The summed E-state index contributed by atoms with van der Waals surface area (Å²) in [5.74, 6) is 0.390. The summed E-state index contributed by atoms with van der Waals surface area (Å²) in [6, 6.07) is 8.11. The van der Waals surface area contributed by atoms with Crippen molar-refractivity contribution in [3.63, 3.8) is 0 Å². The first-order valence-electron chi connectivity index (χ1n) is 10.9. The number of nitrogens with zero attached hydrogens (tertiary/aromatic N) is 4. The van der Waals surface area contributed by atoms with Gasteiger partial charge in [0.05, 0.1) is 24.7 Å². The van der Waals surface area contributed by atoms with E-state index in [0.29, 0.717) is 5.75 Å². The molecule has 2 fully saturated rings. The standard InChI is InChI=1S/C22H31N5O2S/c1-18-7-3-4-8-19(18)27-17-24-25-21(27)30-15-20(28)23-16-22(9-5-2-6-10-22)26-11-13-29-14-12-26/h3-4,7-8,17H,2,5-6,9-16H2,1H3,(H,23,28). The molecular weight excluding hydrogens is 398 g/mol. The molecule has 4 rings (SSSR count). The second-order valence-electron chi connectivity index (χ2n) is 8.22. The van der Waals surface area contributed by atoms with E-state index in [4.69, 9.17) is 4.74 Å². The Morgan fingerprint density at radius 1 is 1.20 bits per heavy atom. The SMILES string of the molecule is Cc1ccccc1-n1cnnc1SCC(=O)NCC1(N2CCOCC2)CCCCC1. The Hall–Kier alpha value is -1.90. The number of hydrogen-bond donors (Lipinski definition) is 1. The summed E-state index contributed by atoms with van der Waals surface area (Å²) in [7, 11) is 0. The molecule has 2 aliphatic rings. The average molecular weight is 430 g/mol. The fraction of sp³-hybridized carbons (Fsp3) is 0.591. The van der Waals surface area contributed by atoms with E-state index >= 15 is 0 Å². The van der Waals surface area contributed by atoms with Gasteiger partial charge in [-0.05, 0) is 31.4 Å². The van der Waals surface area contributed by atoms with Gasteiger partial charge in [-0.15, -0.1) is 10.2 Å². The van der Waals surface area contributed by atoms with E-state index in [9.17, 15) is 4.79 Å². The summed E-state index contributed by atoms with van der Waals surface area (Å²) in [6.45, 7) is 6.29. The molecular formula is C22H31N5O2S. The van der Waals surface area contributed by atoms with Crippen LogP contribution in [0.5, 0.6) is 0 Å². The van der Waals surface area contributed by atoms with Crippen LogP contribution in [-0.4, -0.2) is 69.7 Å². The number of aryl methyl sites for hydroxylation is 1. The van der Waals surface area contributed by atoms with Gasteiger partial charge in [0.15, 0.2) is 5.16 Å². The molecule has 2 aromatic rings. The van der Waals surface area contributed by atoms with Crippen LogP contribution in [0.3, 0.4) is 0 Å². The van der Waals surface area contributed by atoms with Crippen molar-refractivity contribution < 1.29 is 9.53 Å². The highest BCUT2D eigenvalue weighted by Gasteiger charge is 2.38. The maximum absolute atomic E-state index is 12.7. The van der Waals surface area contributed by atoms with Crippen LogP contribution in [0.4, 0.5) is 0 Å². The summed E-state index contributed by atoms with van der Waals surface area (Å²) < 4.78 is 7.50. The fourth-order valence-corrected chi connectivity index (χ4v) is 5.37. The molecule has 0 atom stereocenters. The minimum Gasteiger partial charge on any atom is -0.379 e. The molecule has 2 heterocycles. The molecule has 7 nitrogen and oxygen atoms in total. The molecule has 30 heavy (non-hydrogen) atoms. The van der Waals surface area contributed by atoms with Gasteiger partial charge in [0, 0.05) is 25.2 Å². The largest absolute Gasteiger partial charge is 0.379 e. The lowest BCUT2D eigenvalue weighted by atomic mass is 9.79. The fourth-order valence-electron chi connectivity index (χ4n) is 4.62. The molecule has 1 aromatic heterocycles. The Balaban J connectivity index is 1.35. The Labute approximate surface area is 182 Å². The van der Waals surface area contributed by atoms with Gasteiger partial charge < -0.3 is 10.1 Å². The third kappa shape index (κ3) is 4.87. The predicted octanol–water partition coefficient (Wildman–Crippen LogP) is 2.82. The van der Waals surface area contributed by atoms with E-state index in [2.05, 4.69) is 33.4 Å². The number of nitrogens with one attached hydrogen (secondary N) is 1. The first-order valence-corrected chi connectivity index (χ1v) is 11.8. The Morgan fingerprint density at radius 2 is 1.97 bits per heavy atom. The molecule has 0 spiro atoms. The molecule has 1 aromatic carbocycles. The van der Waals surface area contributed by atoms with E-state index in [-0.39, 0.29) is 11.4 Å². The van der Waals surface area contributed by atoms with Crippen molar-refractivity contribution in [2.45, 2.75) is 49.7 Å². The lowest BCUT2D eigenvalue weighted by molar-refractivity contribution is -0.119. The van der Waals surface area contributed by atoms with Crippen LogP contribution in [0.15, 0.2) is 35.7 Å². The summed E-state index contributed by atoms with van der Waals surface area (Å²) in [5.41, 5.74) is 2.27. The molecule has 8 heteroatoms. The van der Waals surface area contributed by atoms with Crippen LogP contribution < -0.4 is 5.32 Å². The minimum absolute atomic E-state index is 0.0533. The van der Waals surface area contributed by atoms with Gasteiger partial charge in [0.2, 0.25) is 5.91 Å². The first kappa shape index (κ1) is 21.3. The number of carbonyl (C=O) groups excluding carboxylic acids is 1. The summed E-state index contributed by atoms with van der Waals surface area (Å²) >= 11 is 1.43. The van der Waals surface area contributed by atoms with E-state index in [0.717, 1.165) is 62.1 Å². The van der Waals surface area contributed by atoms with Crippen molar-refractivity contribution in [2.24, 2.45) is 0 Å². The Bertz CT molecular complexity index is 844. The molecule has 162 valence electrons. The number of thioether (sulfide) groups is 1. The summed E-state index contributed by atoms with van der Waals surface area (Å²) in [6.07, 6.45) is 7.79. The van der Waals surface area contributed by atoms with Gasteiger partial charge in [-0.3, -0.25) is 14.3 Å². The van der Waals surface area contributed by atoms with Crippen LogP contribution in [0.1, 0.15) is 37.7 Å². The van der Waals surface area contributed by atoms with Crippen molar-refractivity contribution in [3.8, 4) is 5.69 Å². The van der Waals surface area contributed by atoms with Gasteiger partial charge in [-0.1, -0.05) is 49.2 Å². The highest BCUT2D eigenvalue weighted by molar-refractivity contribution is 7.99. The second-order valence-corrected chi connectivity index (χ2v) is 9.16. The van der Waals surface area contributed by atoms with E-state index < -0.39 is 0 Å². The monoisotopic (exact) mass is 429 g/mol. The van der Waals surface area contributed by atoms with Crippen LogP contribution >= 0.6 is 11.8 Å². The number of morpholine rings is 1. The maximum atomic E-state index is 12.7. The third-order valence-electron chi connectivity index (χ3n) is 6.30. The quantitative estimate of drug-likeness (QED) is 0.683. The lowest BCUT2D eigenvalue weighted by Gasteiger charge is -2.48. The van der Waals surface area contributed by atoms with Gasteiger partial charge in [-0.2, -0.15) is 0 Å². The van der Waals surface area contributed by atoms with E-state index in [1.807, 2.05) is 22.8 Å². The van der Waals surface area contributed by atoms with Crippen molar-refractivity contribution in [1.82, 2.24) is 25.0 Å². The smallest absolute Gasteiger partial charge is 0.230 e. The maximum Gasteiger partial charge on any atom is 0.230 e. The van der Waals surface area contributed by atoms with Crippen molar-refractivity contribution in [2.75, 3.05) is 38.6 Å². The van der Waals surface area contributed by atoms with Crippen LogP contribution in [0.2, 0.25) is 0 Å². The lowest BCUT2D eigenvalue weighted by Crippen LogP contribution is -2.59. The van der Waals surface area contributed by atoms with Gasteiger partial charge in [0.25, 0.3) is 0 Å². The second kappa shape index (κ2) is 9.94. The summed E-state index contributed by atoms with van der Waals surface area (Å²) in [5, 5.41) is 12.2. The highest BCUT2D eigenvalue weighted by atomic mass is 32.2. The number of rotatable bonds is 7. The number of benzene rings is 1. The molecule has 1 saturated heterocycles. The number of para-hydroxylation sites is 1. The molecule has 1 amide bonds. The van der Waals surface area contributed by atoms with Crippen molar-refractivity contribution in [3.05, 3.63) is 36.2 Å². The number of aromatic nitrogens is 3. The normalized spacial score (nSPS) is 19.5. The molecule has 1 aliphatic carbocycles. The zero-order chi connectivity index (χ0) is 20.8. The molecule has 0 unspecified atom stereocenters. The van der Waals surface area contributed by atoms with Gasteiger partial charge >= 0.3 is 0 Å². The first-order chi connectivity index (χ1) is 14.7. The van der Waals surface area contributed by atoms with Crippen LogP contribution in [-0.2, 0) is 9.53 Å². The van der Waals surface area contributed by atoms with Crippen molar-refractivity contribution >= 4 is 17.7 Å². The van der Waals surface area contributed by atoms with Crippen LogP contribution in [0, 0.1) is 6.92 Å². The number of ether oxygens (including phenoxy) is 1. The molecule has 0 bridgehead atoms. The Kier molecular flexibility index (Phi) is 7.07. The molecule has 0 radical (unpaired) electrons. The highest BCUT2D eigenvalue weighted by Crippen LogP contribution is 2.34. The molecule has 1 N–H and O–H groups in total. The van der Waals surface area contributed by atoms with Crippen molar-refractivity contribution in [1.29, 1.82) is 0 Å². The Morgan fingerprint density at radius 3 is 2.73 bits per heavy atom. The number of amides is 1. The molecule has 1 aliphatic heterocycles.